The van der Waals surface area contributed by atoms with Crippen molar-refractivity contribution in [2.24, 2.45) is 5.10 Å². The van der Waals surface area contributed by atoms with E-state index in [4.69, 9.17) is 23.2 Å². The Bertz CT molecular complexity index is 911. The van der Waals surface area contributed by atoms with E-state index < -0.39 is 17.4 Å². The van der Waals surface area contributed by atoms with Crippen LogP contribution in [0.15, 0.2) is 29.4 Å². The monoisotopic (exact) mass is 408 g/mol. The Balaban J connectivity index is 2.18. The third-order valence-corrected chi connectivity index (χ3v) is 4.22. The number of hydrazone groups is 1. The second kappa shape index (κ2) is 8.15. The molecule has 0 fully saturated rings. The number of carbonyl (C=O) groups is 2. The minimum Gasteiger partial charge on any atom is -0.343 e. The molecule has 0 spiro atoms. The molecule has 0 aliphatic rings. The number of aryl methyl sites for hydroxylation is 1. The summed E-state index contributed by atoms with van der Waals surface area (Å²) in [6, 6.07) is 7.19. The van der Waals surface area contributed by atoms with Gasteiger partial charge >= 0.3 is 11.8 Å². The van der Waals surface area contributed by atoms with Gasteiger partial charge in [0.2, 0.25) is 0 Å². The molecule has 0 saturated carbocycles. The molecule has 144 valence electrons. The van der Waals surface area contributed by atoms with Gasteiger partial charge in [0, 0.05) is 27.5 Å². The largest absolute Gasteiger partial charge is 0.343 e. The van der Waals surface area contributed by atoms with Crippen LogP contribution < -0.4 is 10.7 Å². The maximum Gasteiger partial charge on any atom is 0.329 e. The van der Waals surface area contributed by atoms with E-state index in [1.165, 1.54) is 6.21 Å². The molecular formula is C19H22Cl2N4O2. The summed E-state index contributed by atoms with van der Waals surface area (Å²) in [6.45, 7) is 9.21. The first kappa shape index (κ1) is 21.0. The molecule has 27 heavy (non-hydrogen) atoms. The normalized spacial score (nSPS) is 11.7. The highest BCUT2D eigenvalue weighted by molar-refractivity contribution is 6.36. The number of rotatable bonds is 3. The summed E-state index contributed by atoms with van der Waals surface area (Å²) in [6.07, 6.45) is 1.49. The summed E-state index contributed by atoms with van der Waals surface area (Å²) in [5.74, 6) is -1.56. The zero-order valence-corrected chi connectivity index (χ0v) is 17.4. The number of nitrogens with zero attached hydrogens (tertiary/aromatic N) is 2. The molecule has 1 heterocycles. The van der Waals surface area contributed by atoms with Gasteiger partial charge in [-0.1, -0.05) is 23.2 Å². The van der Waals surface area contributed by atoms with E-state index >= 15 is 0 Å². The minimum atomic E-state index is -0.823. The summed E-state index contributed by atoms with van der Waals surface area (Å²) in [4.78, 5) is 23.5. The lowest BCUT2D eigenvalue weighted by molar-refractivity contribution is -0.140. The first-order valence-electron chi connectivity index (χ1n) is 8.29. The van der Waals surface area contributed by atoms with E-state index in [1.54, 1.807) is 32.9 Å². The zero-order chi connectivity index (χ0) is 20.4. The Morgan fingerprint density at radius 3 is 2.37 bits per heavy atom. The summed E-state index contributed by atoms with van der Waals surface area (Å²) in [7, 11) is 0. The molecule has 8 heteroatoms. The number of nitrogens with one attached hydrogen (secondary N) is 2. The maximum absolute atomic E-state index is 11.8. The second-order valence-electron chi connectivity index (χ2n) is 7.16. The quantitative estimate of drug-likeness (QED) is 0.460. The Morgan fingerprint density at radius 2 is 1.78 bits per heavy atom. The van der Waals surface area contributed by atoms with Crippen LogP contribution in [0.25, 0.3) is 5.69 Å². The molecule has 0 aliphatic carbocycles. The zero-order valence-electron chi connectivity index (χ0n) is 15.9. The van der Waals surface area contributed by atoms with Crippen LogP contribution in [0.1, 0.15) is 37.7 Å². The average Bonchev–Trinajstić information content (AvgIpc) is 2.80. The smallest absolute Gasteiger partial charge is 0.329 e. The number of hydrogen-bond donors (Lipinski definition) is 2. The molecule has 2 aromatic rings. The van der Waals surface area contributed by atoms with E-state index in [0.29, 0.717) is 10.0 Å². The number of carbonyl (C=O) groups excluding carboxylic acids is 2. The molecule has 6 nitrogen and oxygen atoms in total. The van der Waals surface area contributed by atoms with Crippen LogP contribution in [0.4, 0.5) is 0 Å². The Kier molecular flexibility index (Phi) is 6.34. The Hall–Kier alpha value is -2.31. The van der Waals surface area contributed by atoms with Gasteiger partial charge in [-0.05, 0) is 58.9 Å². The standard InChI is InChI=1S/C19H22Cl2N4O2/c1-11-8-13(10-22-24-18(27)17(26)23-19(3,4)5)12(2)25(11)16-7-6-14(20)9-15(16)21/h6-10H,1-5H3,(H,23,26)(H,24,27). The van der Waals surface area contributed by atoms with Gasteiger partial charge in [-0.3, -0.25) is 9.59 Å². The van der Waals surface area contributed by atoms with E-state index in [9.17, 15) is 9.59 Å². The Morgan fingerprint density at radius 1 is 1.11 bits per heavy atom. The van der Waals surface area contributed by atoms with Crippen LogP contribution in [0, 0.1) is 13.8 Å². The maximum atomic E-state index is 11.8. The molecule has 0 bridgehead atoms. The van der Waals surface area contributed by atoms with Crippen LogP contribution >= 0.6 is 23.2 Å². The SMILES string of the molecule is Cc1cc(C=NNC(=O)C(=O)NC(C)(C)C)c(C)n1-c1ccc(Cl)cc1Cl. The molecular weight excluding hydrogens is 387 g/mol. The predicted octanol–water partition coefficient (Wildman–Crippen LogP) is 3.77. The molecule has 0 atom stereocenters. The number of hydrogen-bond acceptors (Lipinski definition) is 3. The van der Waals surface area contributed by atoms with Crippen molar-refractivity contribution in [3.8, 4) is 5.69 Å². The lowest BCUT2D eigenvalue weighted by atomic mass is 10.1. The summed E-state index contributed by atoms with van der Waals surface area (Å²) >= 11 is 12.3. The highest BCUT2D eigenvalue weighted by Gasteiger charge is 2.19. The first-order valence-corrected chi connectivity index (χ1v) is 9.05. The predicted molar refractivity (Wildman–Crippen MR) is 109 cm³/mol. The second-order valence-corrected chi connectivity index (χ2v) is 8.00. The van der Waals surface area contributed by atoms with Crippen molar-refractivity contribution in [1.29, 1.82) is 0 Å². The van der Waals surface area contributed by atoms with Crippen LogP contribution in [-0.2, 0) is 9.59 Å². The lowest BCUT2D eigenvalue weighted by Gasteiger charge is -2.19. The molecule has 0 aliphatic heterocycles. The molecule has 2 amide bonds. The van der Waals surface area contributed by atoms with E-state index in [-0.39, 0.29) is 0 Å². The molecule has 0 saturated heterocycles. The van der Waals surface area contributed by atoms with E-state index in [1.807, 2.05) is 30.5 Å². The number of amides is 2. The van der Waals surface area contributed by atoms with Gasteiger partial charge in [0.25, 0.3) is 0 Å². The third kappa shape index (κ3) is 5.34. The fraction of sp³-hybridized carbons (Fsp3) is 0.316. The van der Waals surface area contributed by atoms with Crippen LogP contribution in [0.5, 0.6) is 0 Å². The summed E-state index contributed by atoms with van der Waals surface area (Å²) in [5, 5.41) is 7.54. The third-order valence-electron chi connectivity index (χ3n) is 3.69. The summed E-state index contributed by atoms with van der Waals surface area (Å²) in [5.41, 5.74) is 5.14. The van der Waals surface area contributed by atoms with Gasteiger partial charge in [-0.15, -0.1) is 0 Å². The molecule has 0 unspecified atom stereocenters. The molecule has 1 aromatic carbocycles. The highest BCUT2D eigenvalue weighted by atomic mass is 35.5. The van der Waals surface area contributed by atoms with Crippen molar-refractivity contribution in [2.75, 3.05) is 0 Å². The van der Waals surface area contributed by atoms with Crippen molar-refractivity contribution in [3.05, 3.63) is 51.3 Å². The Labute approximate surface area is 168 Å². The average molecular weight is 409 g/mol. The van der Waals surface area contributed by atoms with Crippen molar-refractivity contribution >= 4 is 41.2 Å². The number of benzene rings is 1. The first-order chi connectivity index (χ1) is 12.5. The van der Waals surface area contributed by atoms with Crippen molar-refractivity contribution in [1.82, 2.24) is 15.3 Å². The number of aromatic nitrogens is 1. The topological polar surface area (TPSA) is 75.5 Å². The van der Waals surface area contributed by atoms with Gasteiger partial charge in [-0.25, -0.2) is 5.43 Å². The fourth-order valence-corrected chi connectivity index (χ4v) is 3.05. The van der Waals surface area contributed by atoms with Crippen molar-refractivity contribution in [3.63, 3.8) is 0 Å². The van der Waals surface area contributed by atoms with Gasteiger partial charge < -0.3 is 9.88 Å². The van der Waals surface area contributed by atoms with Crippen LogP contribution in [0.3, 0.4) is 0 Å². The van der Waals surface area contributed by atoms with Gasteiger partial charge in [0.15, 0.2) is 0 Å². The van der Waals surface area contributed by atoms with Gasteiger partial charge in [-0.2, -0.15) is 5.10 Å². The summed E-state index contributed by atoms with van der Waals surface area (Å²) < 4.78 is 1.97. The van der Waals surface area contributed by atoms with Gasteiger partial charge in [0.1, 0.15) is 0 Å². The number of halogens is 2. The fourth-order valence-electron chi connectivity index (χ4n) is 2.56. The molecule has 2 N–H and O–H groups in total. The molecule has 0 radical (unpaired) electrons. The van der Waals surface area contributed by atoms with E-state index in [2.05, 4.69) is 15.8 Å². The lowest BCUT2D eigenvalue weighted by Crippen LogP contribution is -2.47. The minimum absolute atomic E-state index is 0.499. The molecule has 2 rings (SSSR count). The van der Waals surface area contributed by atoms with Gasteiger partial charge in [0.05, 0.1) is 16.9 Å². The van der Waals surface area contributed by atoms with Crippen LogP contribution in [-0.4, -0.2) is 28.1 Å². The molecule has 1 aromatic heterocycles. The van der Waals surface area contributed by atoms with Crippen molar-refractivity contribution < 1.29 is 9.59 Å². The highest BCUT2D eigenvalue weighted by Crippen LogP contribution is 2.28. The van der Waals surface area contributed by atoms with Crippen LogP contribution in [0.2, 0.25) is 10.0 Å². The van der Waals surface area contributed by atoms with Crippen molar-refractivity contribution in [2.45, 2.75) is 40.2 Å². The van der Waals surface area contributed by atoms with E-state index in [0.717, 1.165) is 22.6 Å².